The number of hydrogen-bond donors (Lipinski definition) is 1. The third-order valence-electron chi connectivity index (χ3n) is 2.47. The summed E-state index contributed by atoms with van der Waals surface area (Å²) >= 11 is 1.17. The maximum Gasteiger partial charge on any atom is 0.339 e. The second-order valence-corrected chi connectivity index (χ2v) is 4.99. The van der Waals surface area contributed by atoms with Gasteiger partial charge in [-0.15, -0.1) is 11.8 Å². The third-order valence-corrected chi connectivity index (χ3v) is 3.46. The lowest BCUT2D eigenvalue weighted by Crippen LogP contribution is -2.09. The van der Waals surface area contributed by atoms with Gasteiger partial charge in [-0.25, -0.2) is 27.9 Å². The molecule has 1 aromatic carbocycles. The molecule has 0 saturated carbocycles. The molecule has 4 nitrogen and oxygen atoms in total. The molecule has 2 rings (SSSR count). The first-order valence-electron chi connectivity index (χ1n) is 5.73. The number of benzene rings is 1. The van der Waals surface area contributed by atoms with Gasteiger partial charge < -0.3 is 5.11 Å². The molecule has 2 aromatic rings. The molecule has 0 saturated heterocycles. The Morgan fingerprint density at radius 2 is 2.14 bits per heavy atom. The minimum Gasteiger partial charge on any atom is -0.478 e. The van der Waals surface area contributed by atoms with E-state index in [1.54, 1.807) is 6.07 Å². The van der Waals surface area contributed by atoms with Crippen LogP contribution in [0.25, 0.3) is 0 Å². The zero-order chi connectivity index (χ0) is 15.4. The average Bonchev–Trinajstić information content (AvgIpc) is 2.44. The smallest absolute Gasteiger partial charge is 0.339 e. The van der Waals surface area contributed by atoms with Crippen LogP contribution < -0.4 is 0 Å². The highest BCUT2D eigenvalue weighted by molar-refractivity contribution is 7.98. The van der Waals surface area contributed by atoms with Gasteiger partial charge in [0.25, 0.3) is 6.43 Å². The van der Waals surface area contributed by atoms with Crippen molar-refractivity contribution in [2.24, 2.45) is 0 Å². The van der Waals surface area contributed by atoms with Gasteiger partial charge in [0.2, 0.25) is 0 Å². The van der Waals surface area contributed by atoms with Gasteiger partial charge in [-0.05, 0) is 18.2 Å². The standard InChI is InChI=1S/C13H9F3N2O2S/c14-7-2-1-3-8(4-7)21-6-10-17-5-9(13(19)20)11(18-10)12(15)16/h1-5,12H,6H2,(H,19,20). The summed E-state index contributed by atoms with van der Waals surface area (Å²) in [4.78, 5) is 18.7. The monoisotopic (exact) mass is 314 g/mol. The summed E-state index contributed by atoms with van der Waals surface area (Å²) in [5, 5.41) is 8.78. The molecule has 1 heterocycles. The number of hydrogen-bond acceptors (Lipinski definition) is 4. The van der Waals surface area contributed by atoms with E-state index in [-0.39, 0.29) is 11.6 Å². The van der Waals surface area contributed by atoms with Crippen LogP contribution in [0.4, 0.5) is 13.2 Å². The lowest BCUT2D eigenvalue weighted by molar-refractivity contribution is 0.0681. The molecular formula is C13H9F3N2O2S. The summed E-state index contributed by atoms with van der Waals surface area (Å²) in [5.74, 6) is -1.72. The summed E-state index contributed by atoms with van der Waals surface area (Å²) in [6.07, 6.45) is -2.14. The number of alkyl halides is 2. The molecule has 21 heavy (non-hydrogen) atoms. The van der Waals surface area contributed by atoms with E-state index >= 15 is 0 Å². The Balaban J connectivity index is 2.17. The van der Waals surface area contributed by atoms with Crippen molar-refractivity contribution >= 4 is 17.7 Å². The van der Waals surface area contributed by atoms with Gasteiger partial charge in [0.05, 0.1) is 5.75 Å². The predicted molar refractivity (Wildman–Crippen MR) is 69.9 cm³/mol. The summed E-state index contributed by atoms with van der Waals surface area (Å²) in [5.41, 5.74) is -1.43. The van der Waals surface area contributed by atoms with Crippen molar-refractivity contribution < 1.29 is 23.1 Å². The van der Waals surface area contributed by atoms with Crippen molar-refractivity contribution in [1.29, 1.82) is 0 Å². The molecule has 0 aliphatic rings. The molecule has 0 aliphatic heterocycles. The highest BCUT2D eigenvalue weighted by Gasteiger charge is 2.21. The number of carboxylic acids is 1. The van der Waals surface area contributed by atoms with Crippen molar-refractivity contribution in [3.8, 4) is 0 Å². The summed E-state index contributed by atoms with van der Waals surface area (Å²) in [6, 6.07) is 5.77. The quantitative estimate of drug-likeness (QED) is 0.855. The fourth-order valence-corrected chi connectivity index (χ4v) is 2.34. The predicted octanol–water partition coefficient (Wildman–Crippen LogP) is 3.54. The number of thioether (sulfide) groups is 1. The molecule has 0 fully saturated rings. The number of rotatable bonds is 5. The topological polar surface area (TPSA) is 63.1 Å². The van der Waals surface area contributed by atoms with Gasteiger partial charge in [0, 0.05) is 11.1 Å². The van der Waals surface area contributed by atoms with Crippen LogP contribution in [0.15, 0.2) is 35.4 Å². The summed E-state index contributed by atoms with van der Waals surface area (Å²) < 4.78 is 38.5. The average molecular weight is 314 g/mol. The van der Waals surface area contributed by atoms with Crippen LogP contribution in [-0.4, -0.2) is 21.0 Å². The first-order valence-corrected chi connectivity index (χ1v) is 6.71. The Hall–Kier alpha value is -2.09. The number of carboxylic acid groups (broad SMARTS) is 1. The van der Waals surface area contributed by atoms with E-state index in [1.807, 2.05) is 0 Å². The van der Waals surface area contributed by atoms with E-state index in [0.717, 1.165) is 6.20 Å². The molecule has 0 bridgehead atoms. The molecule has 0 amide bonds. The van der Waals surface area contributed by atoms with Gasteiger partial charge in [0.15, 0.2) is 0 Å². The van der Waals surface area contributed by atoms with Gasteiger partial charge in [-0.2, -0.15) is 0 Å². The molecule has 0 aliphatic carbocycles. The first-order chi connectivity index (χ1) is 9.97. The second kappa shape index (κ2) is 6.57. The highest BCUT2D eigenvalue weighted by Crippen LogP contribution is 2.24. The van der Waals surface area contributed by atoms with Crippen LogP contribution in [0.5, 0.6) is 0 Å². The van der Waals surface area contributed by atoms with E-state index in [0.29, 0.717) is 4.90 Å². The third kappa shape index (κ3) is 3.94. The number of nitrogens with zero attached hydrogens (tertiary/aromatic N) is 2. The summed E-state index contributed by atoms with van der Waals surface area (Å²) in [7, 11) is 0. The second-order valence-electron chi connectivity index (χ2n) is 3.94. The Labute approximate surface area is 122 Å². The molecular weight excluding hydrogens is 305 g/mol. The van der Waals surface area contributed by atoms with Crippen LogP contribution in [0.1, 0.15) is 28.3 Å². The number of aromatic carboxylic acids is 1. The SMILES string of the molecule is O=C(O)c1cnc(CSc2cccc(F)c2)nc1C(F)F. The molecule has 1 aromatic heterocycles. The first kappa shape index (κ1) is 15.3. The van der Waals surface area contributed by atoms with Crippen LogP contribution in [-0.2, 0) is 5.75 Å². The largest absolute Gasteiger partial charge is 0.478 e. The minimum atomic E-state index is -3.00. The zero-order valence-electron chi connectivity index (χ0n) is 10.5. The van der Waals surface area contributed by atoms with Crippen molar-refractivity contribution in [3.05, 3.63) is 53.4 Å². The maximum atomic E-state index is 13.0. The van der Waals surface area contributed by atoms with Crippen molar-refractivity contribution in [2.45, 2.75) is 17.1 Å². The molecule has 0 unspecified atom stereocenters. The number of halogens is 3. The summed E-state index contributed by atoms with van der Waals surface area (Å²) in [6.45, 7) is 0. The fraction of sp³-hybridized carbons (Fsp3) is 0.154. The fourth-order valence-electron chi connectivity index (χ4n) is 1.54. The van der Waals surface area contributed by atoms with Crippen LogP contribution in [0.3, 0.4) is 0 Å². The van der Waals surface area contributed by atoms with E-state index in [2.05, 4.69) is 9.97 Å². The number of carbonyl (C=O) groups is 1. The normalized spacial score (nSPS) is 10.9. The van der Waals surface area contributed by atoms with E-state index in [1.165, 1.54) is 30.0 Å². The molecule has 0 radical (unpaired) electrons. The van der Waals surface area contributed by atoms with E-state index in [4.69, 9.17) is 5.11 Å². The maximum absolute atomic E-state index is 13.0. The van der Waals surface area contributed by atoms with Crippen LogP contribution >= 0.6 is 11.8 Å². The molecule has 8 heteroatoms. The van der Waals surface area contributed by atoms with Crippen molar-refractivity contribution in [3.63, 3.8) is 0 Å². The Morgan fingerprint density at radius 1 is 1.38 bits per heavy atom. The van der Waals surface area contributed by atoms with Crippen LogP contribution in [0.2, 0.25) is 0 Å². The van der Waals surface area contributed by atoms with Crippen molar-refractivity contribution in [1.82, 2.24) is 9.97 Å². The van der Waals surface area contributed by atoms with Gasteiger partial charge in [-0.3, -0.25) is 0 Å². The Bertz CT molecular complexity index is 668. The lowest BCUT2D eigenvalue weighted by atomic mass is 10.2. The Morgan fingerprint density at radius 3 is 2.76 bits per heavy atom. The lowest BCUT2D eigenvalue weighted by Gasteiger charge is -2.06. The molecule has 110 valence electrons. The molecule has 0 atom stereocenters. The van der Waals surface area contributed by atoms with Crippen LogP contribution in [0, 0.1) is 5.82 Å². The molecule has 0 spiro atoms. The van der Waals surface area contributed by atoms with E-state index < -0.39 is 29.5 Å². The highest BCUT2D eigenvalue weighted by atomic mass is 32.2. The van der Waals surface area contributed by atoms with Crippen molar-refractivity contribution in [2.75, 3.05) is 0 Å². The molecule has 1 N–H and O–H groups in total. The van der Waals surface area contributed by atoms with Gasteiger partial charge in [0.1, 0.15) is 22.9 Å². The Kier molecular flexibility index (Phi) is 4.79. The number of aromatic nitrogens is 2. The van der Waals surface area contributed by atoms with Gasteiger partial charge >= 0.3 is 5.97 Å². The van der Waals surface area contributed by atoms with E-state index in [9.17, 15) is 18.0 Å². The minimum absolute atomic E-state index is 0.0598. The zero-order valence-corrected chi connectivity index (χ0v) is 11.3. The van der Waals surface area contributed by atoms with Gasteiger partial charge in [-0.1, -0.05) is 6.07 Å².